The van der Waals surface area contributed by atoms with E-state index in [1.54, 1.807) is 7.11 Å². The van der Waals surface area contributed by atoms with Gasteiger partial charge in [-0.05, 0) is 55.5 Å². The summed E-state index contributed by atoms with van der Waals surface area (Å²) in [5.41, 5.74) is 9.48. The molecule has 0 atom stereocenters. The molecule has 0 saturated heterocycles. The standard InChI is InChI=1S/C14H23NO/c1-9(2)11-8-12(14(4,5)15)10(3)7-13(11)16-6/h7-9H,15H2,1-6H3. The summed E-state index contributed by atoms with van der Waals surface area (Å²) in [4.78, 5) is 0. The summed E-state index contributed by atoms with van der Waals surface area (Å²) in [6.45, 7) is 10.5. The van der Waals surface area contributed by atoms with E-state index in [1.165, 1.54) is 16.7 Å². The Bertz CT molecular complexity index is 375. The number of methoxy groups -OCH3 is 1. The second kappa shape index (κ2) is 4.46. The van der Waals surface area contributed by atoms with E-state index in [4.69, 9.17) is 10.5 Å². The lowest BCUT2D eigenvalue weighted by atomic mass is 9.87. The smallest absolute Gasteiger partial charge is 0.122 e. The molecule has 1 rings (SSSR count). The normalized spacial score (nSPS) is 12.0. The lowest BCUT2D eigenvalue weighted by molar-refractivity contribution is 0.406. The Balaban J connectivity index is 3.39. The van der Waals surface area contributed by atoms with E-state index in [9.17, 15) is 0 Å². The van der Waals surface area contributed by atoms with Gasteiger partial charge in [-0.2, -0.15) is 0 Å². The van der Waals surface area contributed by atoms with Crippen molar-refractivity contribution in [3.05, 3.63) is 28.8 Å². The van der Waals surface area contributed by atoms with Crippen LogP contribution in [0.25, 0.3) is 0 Å². The fraction of sp³-hybridized carbons (Fsp3) is 0.571. The van der Waals surface area contributed by atoms with Crippen molar-refractivity contribution in [2.45, 2.75) is 46.1 Å². The van der Waals surface area contributed by atoms with Crippen LogP contribution in [0.1, 0.15) is 50.3 Å². The molecule has 2 N–H and O–H groups in total. The van der Waals surface area contributed by atoms with Crippen molar-refractivity contribution < 1.29 is 4.74 Å². The number of nitrogens with two attached hydrogens (primary N) is 1. The summed E-state index contributed by atoms with van der Waals surface area (Å²) in [7, 11) is 1.72. The first kappa shape index (κ1) is 13.0. The molecule has 16 heavy (non-hydrogen) atoms. The number of hydrogen-bond acceptors (Lipinski definition) is 2. The maximum atomic E-state index is 6.18. The maximum Gasteiger partial charge on any atom is 0.122 e. The van der Waals surface area contributed by atoms with E-state index >= 15 is 0 Å². The zero-order valence-corrected chi connectivity index (χ0v) is 11.2. The van der Waals surface area contributed by atoms with Crippen molar-refractivity contribution in [2.24, 2.45) is 5.73 Å². The topological polar surface area (TPSA) is 35.2 Å². The van der Waals surface area contributed by atoms with Gasteiger partial charge in [0.15, 0.2) is 0 Å². The molecule has 0 spiro atoms. The lowest BCUT2D eigenvalue weighted by Crippen LogP contribution is -2.29. The van der Waals surface area contributed by atoms with E-state index in [1.807, 2.05) is 13.8 Å². The van der Waals surface area contributed by atoms with Crippen LogP contribution < -0.4 is 10.5 Å². The Morgan fingerprint density at radius 3 is 2.19 bits per heavy atom. The molecule has 2 heteroatoms. The summed E-state index contributed by atoms with van der Waals surface area (Å²) in [6.07, 6.45) is 0. The zero-order valence-electron chi connectivity index (χ0n) is 11.2. The van der Waals surface area contributed by atoms with Crippen LogP contribution >= 0.6 is 0 Å². The molecule has 0 amide bonds. The van der Waals surface area contributed by atoms with Crippen molar-refractivity contribution >= 4 is 0 Å². The van der Waals surface area contributed by atoms with Crippen LogP contribution in [-0.4, -0.2) is 7.11 Å². The second-order valence-electron chi connectivity index (χ2n) is 5.29. The van der Waals surface area contributed by atoms with Crippen LogP contribution in [0.3, 0.4) is 0 Å². The Labute approximate surface area is 98.8 Å². The third kappa shape index (κ3) is 2.56. The van der Waals surface area contributed by atoms with E-state index in [2.05, 4.69) is 32.9 Å². The number of ether oxygens (including phenoxy) is 1. The minimum atomic E-state index is -0.306. The Morgan fingerprint density at radius 1 is 1.25 bits per heavy atom. The van der Waals surface area contributed by atoms with Gasteiger partial charge in [-0.15, -0.1) is 0 Å². The molecule has 0 aliphatic heterocycles. The molecule has 0 radical (unpaired) electrons. The predicted octanol–water partition coefficient (Wildman–Crippen LogP) is 3.32. The monoisotopic (exact) mass is 221 g/mol. The number of benzene rings is 1. The molecule has 0 saturated carbocycles. The fourth-order valence-electron chi connectivity index (χ4n) is 2.02. The van der Waals surface area contributed by atoms with Gasteiger partial charge >= 0.3 is 0 Å². The molecular weight excluding hydrogens is 198 g/mol. The van der Waals surface area contributed by atoms with E-state index < -0.39 is 0 Å². The third-order valence-corrected chi connectivity index (χ3v) is 2.89. The van der Waals surface area contributed by atoms with Gasteiger partial charge in [0.1, 0.15) is 5.75 Å². The van der Waals surface area contributed by atoms with E-state index in [0.717, 1.165) is 5.75 Å². The largest absolute Gasteiger partial charge is 0.496 e. The molecule has 0 aliphatic carbocycles. The predicted molar refractivity (Wildman–Crippen MR) is 69.0 cm³/mol. The average Bonchev–Trinajstić information content (AvgIpc) is 2.14. The highest BCUT2D eigenvalue weighted by Gasteiger charge is 2.20. The molecular formula is C14H23NO. The molecule has 90 valence electrons. The quantitative estimate of drug-likeness (QED) is 0.849. The molecule has 1 aromatic carbocycles. The second-order valence-corrected chi connectivity index (χ2v) is 5.29. The summed E-state index contributed by atoms with van der Waals surface area (Å²) in [6, 6.07) is 4.26. The Hall–Kier alpha value is -1.02. The Morgan fingerprint density at radius 2 is 1.81 bits per heavy atom. The van der Waals surface area contributed by atoms with Gasteiger partial charge in [-0.25, -0.2) is 0 Å². The number of aryl methyl sites for hydroxylation is 1. The summed E-state index contributed by atoms with van der Waals surface area (Å²) >= 11 is 0. The van der Waals surface area contributed by atoms with Gasteiger partial charge in [0.2, 0.25) is 0 Å². The van der Waals surface area contributed by atoms with Crippen molar-refractivity contribution in [1.29, 1.82) is 0 Å². The van der Waals surface area contributed by atoms with Crippen LogP contribution in [0.15, 0.2) is 12.1 Å². The van der Waals surface area contributed by atoms with Crippen LogP contribution in [-0.2, 0) is 5.54 Å². The highest BCUT2D eigenvalue weighted by Crippen LogP contribution is 2.33. The van der Waals surface area contributed by atoms with Crippen molar-refractivity contribution in [3.8, 4) is 5.75 Å². The minimum absolute atomic E-state index is 0.306. The van der Waals surface area contributed by atoms with E-state index in [-0.39, 0.29) is 5.54 Å². The van der Waals surface area contributed by atoms with Crippen LogP contribution in [0.2, 0.25) is 0 Å². The number of rotatable bonds is 3. The molecule has 2 nitrogen and oxygen atoms in total. The molecule has 1 aromatic rings. The van der Waals surface area contributed by atoms with Gasteiger partial charge in [-0.1, -0.05) is 13.8 Å². The van der Waals surface area contributed by atoms with Crippen molar-refractivity contribution in [1.82, 2.24) is 0 Å². The first-order valence-electron chi connectivity index (χ1n) is 5.75. The Kier molecular flexibility index (Phi) is 3.64. The molecule has 0 bridgehead atoms. The highest BCUT2D eigenvalue weighted by molar-refractivity contribution is 5.46. The van der Waals surface area contributed by atoms with Crippen molar-refractivity contribution in [3.63, 3.8) is 0 Å². The molecule has 0 fully saturated rings. The van der Waals surface area contributed by atoms with Gasteiger partial charge in [-0.3, -0.25) is 0 Å². The molecule has 0 unspecified atom stereocenters. The zero-order chi connectivity index (χ0) is 12.5. The fourth-order valence-corrected chi connectivity index (χ4v) is 2.02. The van der Waals surface area contributed by atoms with Gasteiger partial charge in [0.25, 0.3) is 0 Å². The van der Waals surface area contributed by atoms with Gasteiger partial charge in [0.05, 0.1) is 7.11 Å². The SMILES string of the molecule is COc1cc(C)c(C(C)(C)N)cc1C(C)C. The van der Waals surface area contributed by atoms with E-state index in [0.29, 0.717) is 5.92 Å². The minimum Gasteiger partial charge on any atom is -0.496 e. The summed E-state index contributed by atoms with van der Waals surface area (Å²) < 4.78 is 5.41. The van der Waals surface area contributed by atoms with Gasteiger partial charge in [0, 0.05) is 5.54 Å². The summed E-state index contributed by atoms with van der Waals surface area (Å²) in [5.74, 6) is 1.40. The average molecular weight is 221 g/mol. The highest BCUT2D eigenvalue weighted by atomic mass is 16.5. The first-order chi connectivity index (χ1) is 7.27. The van der Waals surface area contributed by atoms with Crippen LogP contribution in [0, 0.1) is 6.92 Å². The third-order valence-electron chi connectivity index (χ3n) is 2.89. The van der Waals surface area contributed by atoms with Crippen molar-refractivity contribution in [2.75, 3.05) is 7.11 Å². The summed E-state index contributed by atoms with van der Waals surface area (Å²) in [5, 5.41) is 0. The lowest BCUT2D eigenvalue weighted by Gasteiger charge is -2.24. The first-order valence-corrected chi connectivity index (χ1v) is 5.75. The molecule has 0 heterocycles. The van der Waals surface area contributed by atoms with Crippen LogP contribution in [0.4, 0.5) is 0 Å². The molecule has 0 aromatic heterocycles. The molecule has 0 aliphatic rings. The van der Waals surface area contributed by atoms with Gasteiger partial charge < -0.3 is 10.5 Å². The number of hydrogen-bond donors (Lipinski definition) is 1. The maximum absolute atomic E-state index is 6.18. The van der Waals surface area contributed by atoms with Crippen LogP contribution in [0.5, 0.6) is 5.75 Å².